The van der Waals surface area contributed by atoms with E-state index in [0.29, 0.717) is 0 Å². The first kappa shape index (κ1) is 12.7. The second-order valence-electron chi connectivity index (χ2n) is 1.83. The third-order valence-corrected chi connectivity index (χ3v) is 0.684. The van der Waals surface area contributed by atoms with Crippen LogP contribution in [0.5, 0.6) is 0 Å². The lowest BCUT2D eigenvalue weighted by atomic mass is 10.3. The Kier molecular flexibility index (Phi) is 13.7. The first-order chi connectivity index (χ1) is 5.18. The molecule has 0 heterocycles. The van der Waals surface area contributed by atoms with Gasteiger partial charge in [0.2, 0.25) is 0 Å². The molecular formula is C8H15NO2. The molecule has 0 saturated carbocycles. The van der Waals surface area contributed by atoms with Crippen LogP contribution >= 0.6 is 0 Å². The van der Waals surface area contributed by atoms with Crippen LogP contribution in [0, 0.1) is 0 Å². The van der Waals surface area contributed by atoms with E-state index < -0.39 is 0 Å². The minimum absolute atomic E-state index is 0.750. The Labute approximate surface area is 67.3 Å². The number of allylic oxidation sites excluding steroid dienone is 5. The Morgan fingerprint density at radius 1 is 1.36 bits per heavy atom. The molecule has 0 unspecified atom stereocenters. The summed E-state index contributed by atoms with van der Waals surface area (Å²) < 4.78 is 0. The Balaban J connectivity index is 0. The van der Waals surface area contributed by atoms with Crippen molar-refractivity contribution in [3.05, 3.63) is 36.5 Å². The molecule has 0 aliphatic carbocycles. The van der Waals surface area contributed by atoms with E-state index in [1.807, 2.05) is 38.2 Å². The van der Waals surface area contributed by atoms with Crippen LogP contribution in [0.4, 0.5) is 0 Å². The largest absolute Gasteiger partial charge is 0.292 e. The average Bonchev–Trinajstić information content (AvgIpc) is 1.89. The number of hydrogen-bond donors (Lipinski definition) is 3. The molecule has 11 heavy (non-hydrogen) atoms. The highest BCUT2D eigenvalue weighted by Gasteiger charge is 1.66. The van der Waals surface area contributed by atoms with E-state index in [4.69, 9.17) is 10.4 Å². The van der Waals surface area contributed by atoms with Crippen LogP contribution in [0.1, 0.15) is 13.8 Å². The van der Waals surface area contributed by atoms with E-state index >= 15 is 0 Å². The minimum Gasteiger partial charge on any atom is -0.292 e. The van der Waals surface area contributed by atoms with Crippen molar-refractivity contribution in [2.24, 2.45) is 0 Å². The van der Waals surface area contributed by atoms with Gasteiger partial charge in [-0.2, -0.15) is 0 Å². The van der Waals surface area contributed by atoms with Crippen molar-refractivity contribution in [2.45, 2.75) is 13.8 Å². The summed E-state index contributed by atoms with van der Waals surface area (Å²) in [5.74, 6) is 0. The molecule has 0 amide bonds. The van der Waals surface area contributed by atoms with Crippen molar-refractivity contribution in [3.63, 3.8) is 0 Å². The summed E-state index contributed by atoms with van der Waals surface area (Å²) in [6, 6.07) is 0. The highest BCUT2D eigenvalue weighted by atomic mass is 16.7. The summed E-state index contributed by atoms with van der Waals surface area (Å²) in [6.45, 7) is 7.67. The lowest BCUT2D eigenvalue weighted by molar-refractivity contribution is -0.0678. The van der Waals surface area contributed by atoms with Gasteiger partial charge in [-0.25, -0.2) is 0 Å². The van der Waals surface area contributed by atoms with Gasteiger partial charge in [-0.05, 0) is 13.8 Å². The van der Waals surface area contributed by atoms with Gasteiger partial charge in [0.25, 0.3) is 0 Å². The highest BCUT2D eigenvalue weighted by Crippen LogP contribution is 1.88. The molecule has 0 rings (SSSR count). The zero-order valence-corrected chi connectivity index (χ0v) is 6.91. The van der Waals surface area contributed by atoms with Gasteiger partial charge < -0.3 is 0 Å². The van der Waals surface area contributed by atoms with Gasteiger partial charge in [0.05, 0.1) is 0 Å². The summed E-state index contributed by atoms with van der Waals surface area (Å²) in [4.78, 5) is 0. The molecule has 0 atom stereocenters. The van der Waals surface area contributed by atoms with Crippen molar-refractivity contribution in [3.8, 4) is 0 Å². The maximum Gasteiger partial charge on any atom is -0.0404 e. The van der Waals surface area contributed by atoms with Crippen LogP contribution in [-0.4, -0.2) is 10.4 Å². The normalized spacial score (nSPS) is 9.82. The van der Waals surface area contributed by atoms with Crippen LogP contribution in [0.15, 0.2) is 36.5 Å². The molecule has 64 valence electrons. The summed E-state index contributed by atoms with van der Waals surface area (Å²) in [6.07, 6.45) is 7.91. The summed E-state index contributed by atoms with van der Waals surface area (Å²) in [7, 11) is 0. The lowest BCUT2D eigenvalue weighted by Gasteiger charge is -1.78. The molecule has 3 heteroatoms. The molecule has 0 saturated heterocycles. The zero-order valence-electron chi connectivity index (χ0n) is 6.91. The van der Waals surface area contributed by atoms with Crippen molar-refractivity contribution < 1.29 is 10.4 Å². The topological polar surface area (TPSA) is 52.5 Å². The van der Waals surface area contributed by atoms with E-state index in [1.54, 1.807) is 0 Å². The maximum absolute atomic E-state index is 6.88. The van der Waals surface area contributed by atoms with Gasteiger partial charge in [0, 0.05) is 0 Å². The third-order valence-electron chi connectivity index (χ3n) is 0.684. The minimum atomic E-state index is 0.750. The SMILES string of the molecule is C=C(C)/C=C\C=C\C.ONO. The van der Waals surface area contributed by atoms with E-state index in [-0.39, 0.29) is 0 Å². The summed E-state index contributed by atoms with van der Waals surface area (Å²) in [5, 5.41) is 13.8. The fourth-order valence-corrected chi connectivity index (χ4v) is 0.331. The predicted molar refractivity (Wildman–Crippen MR) is 45.5 cm³/mol. The third kappa shape index (κ3) is 27.3. The van der Waals surface area contributed by atoms with Gasteiger partial charge in [-0.3, -0.25) is 10.4 Å². The molecular weight excluding hydrogens is 142 g/mol. The smallest absolute Gasteiger partial charge is 0.0404 e. The van der Waals surface area contributed by atoms with Crippen LogP contribution in [0.25, 0.3) is 0 Å². The molecule has 0 bridgehead atoms. The highest BCUT2D eigenvalue weighted by molar-refractivity contribution is 5.16. The molecule has 0 aromatic rings. The summed E-state index contributed by atoms with van der Waals surface area (Å²) in [5.41, 5.74) is 1.84. The van der Waals surface area contributed by atoms with Gasteiger partial charge in [0.15, 0.2) is 0 Å². The number of nitrogens with one attached hydrogen (secondary N) is 1. The molecule has 0 radical (unpaired) electrons. The Morgan fingerprint density at radius 2 is 1.82 bits per heavy atom. The first-order valence-electron chi connectivity index (χ1n) is 3.17. The fourth-order valence-electron chi connectivity index (χ4n) is 0.331. The molecule has 0 aromatic heterocycles. The van der Waals surface area contributed by atoms with Crippen LogP contribution in [-0.2, 0) is 0 Å². The molecule has 0 aromatic carbocycles. The first-order valence-corrected chi connectivity index (χ1v) is 3.17. The summed E-state index contributed by atoms with van der Waals surface area (Å²) >= 11 is 0. The van der Waals surface area contributed by atoms with E-state index in [0.717, 1.165) is 11.2 Å². The van der Waals surface area contributed by atoms with Crippen molar-refractivity contribution >= 4 is 0 Å². The van der Waals surface area contributed by atoms with Gasteiger partial charge in [0.1, 0.15) is 0 Å². The van der Waals surface area contributed by atoms with Crippen LogP contribution < -0.4 is 5.64 Å². The van der Waals surface area contributed by atoms with E-state index in [2.05, 4.69) is 6.58 Å². The van der Waals surface area contributed by atoms with Crippen molar-refractivity contribution in [1.82, 2.24) is 5.64 Å². The van der Waals surface area contributed by atoms with Gasteiger partial charge in [-0.15, -0.1) is 0 Å². The second kappa shape index (κ2) is 11.8. The fraction of sp³-hybridized carbons (Fsp3) is 0.250. The molecule has 0 fully saturated rings. The van der Waals surface area contributed by atoms with Crippen LogP contribution in [0.3, 0.4) is 0 Å². The molecule has 0 spiro atoms. The molecule has 3 nitrogen and oxygen atoms in total. The standard InChI is InChI=1S/C8H12.H3NO2/c1-4-5-6-7-8(2)3;2-1-3/h4-7H,2H2,1,3H3;1-3H/b5-4+,7-6-;. The molecule has 0 aliphatic heterocycles. The molecule has 3 N–H and O–H groups in total. The lowest BCUT2D eigenvalue weighted by Crippen LogP contribution is -1.93. The predicted octanol–water partition coefficient (Wildman–Crippen LogP) is 2.05. The Morgan fingerprint density at radius 3 is 2.09 bits per heavy atom. The average molecular weight is 157 g/mol. The van der Waals surface area contributed by atoms with E-state index in [1.165, 1.54) is 0 Å². The number of rotatable bonds is 2. The zero-order chi connectivity index (χ0) is 9.11. The Bertz CT molecular complexity index is 139. The second-order valence-corrected chi connectivity index (χ2v) is 1.83. The number of hydrogen-bond acceptors (Lipinski definition) is 3. The quantitative estimate of drug-likeness (QED) is 0.424. The maximum atomic E-state index is 6.88. The van der Waals surface area contributed by atoms with Crippen LogP contribution in [0.2, 0.25) is 0 Å². The molecule has 0 aliphatic rings. The monoisotopic (exact) mass is 157 g/mol. The van der Waals surface area contributed by atoms with Crippen molar-refractivity contribution in [1.29, 1.82) is 0 Å². The van der Waals surface area contributed by atoms with Crippen molar-refractivity contribution in [2.75, 3.05) is 0 Å². The van der Waals surface area contributed by atoms with E-state index in [9.17, 15) is 0 Å². The van der Waals surface area contributed by atoms with Gasteiger partial charge >= 0.3 is 0 Å². The van der Waals surface area contributed by atoms with Gasteiger partial charge in [-0.1, -0.05) is 42.1 Å². The Hall–Kier alpha value is -0.900.